The molecule has 22 heavy (non-hydrogen) atoms. The van der Waals surface area contributed by atoms with Gasteiger partial charge in [0.05, 0.1) is 10.6 Å². The minimum atomic E-state index is -0.717. The minimum Gasteiger partial charge on any atom is -0.340 e. The molecule has 2 rings (SSSR count). The van der Waals surface area contributed by atoms with Crippen molar-refractivity contribution in [3.8, 4) is 0 Å². The fourth-order valence-electron chi connectivity index (χ4n) is 1.83. The molecule has 0 saturated heterocycles. The quantitative estimate of drug-likeness (QED) is 0.911. The summed E-state index contributed by atoms with van der Waals surface area (Å²) in [7, 11) is 0. The number of carbonyl (C=O) groups excluding carboxylic acids is 2. The predicted octanol–water partition coefficient (Wildman–Crippen LogP) is 2.80. The summed E-state index contributed by atoms with van der Waals surface area (Å²) >= 11 is 5.96. The Hall–Kier alpha value is -2.40. The highest BCUT2D eigenvalue weighted by Gasteiger charge is 2.18. The molecule has 0 saturated carbocycles. The molecule has 114 valence electrons. The number of hydrogen-bond donors (Lipinski definition) is 2. The van der Waals surface area contributed by atoms with E-state index in [4.69, 9.17) is 11.6 Å². The summed E-state index contributed by atoms with van der Waals surface area (Å²) in [6.45, 7) is 3.43. The highest BCUT2D eigenvalue weighted by molar-refractivity contribution is 6.33. The molecule has 1 atom stereocenters. The Morgan fingerprint density at radius 2 is 1.86 bits per heavy atom. The third kappa shape index (κ3) is 4.05. The van der Waals surface area contributed by atoms with Crippen LogP contribution in [0.1, 0.15) is 23.0 Å². The molecule has 1 heterocycles. The van der Waals surface area contributed by atoms with E-state index in [0.29, 0.717) is 16.4 Å². The van der Waals surface area contributed by atoms with E-state index in [2.05, 4.69) is 15.6 Å². The van der Waals surface area contributed by atoms with Crippen molar-refractivity contribution in [2.45, 2.75) is 19.9 Å². The van der Waals surface area contributed by atoms with Gasteiger partial charge in [0.15, 0.2) is 0 Å². The van der Waals surface area contributed by atoms with Crippen molar-refractivity contribution in [1.82, 2.24) is 10.3 Å². The Kier molecular flexibility index (Phi) is 5.12. The van der Waals surface area contributed by atoms with E-state index in [-0.39, 0.29) is 5.91 Å². The maximum absolute atomic E-state index is 12.1. The Labute approximate surface area is 133 Å². The van der Waals surface area contributed by atoms with Crippen LogP contribution in [0.2, 0.25) is 5.02 Å². The third-order valence-electron chi connectivity index (χ3n) is 3.00. The van der Waals surface area contributed by atoms with Gasteiger partial charge in [-0.2, -0.15) is 0 Å². The number of rotatable bonds is 4. The molecule has 1 aromatic heterocycles. The van der Waals surface area contributed by atoms with Crippen LogP contribution >= 0.6 is 11.6 Å². The van der Waals surface area contributed by atoms with Crippen molar-refractivity contribution in [3.05, 3.63) is 58.7 Å². The highest BCUT2D eigenvalue weighted by atomic mass is 35.5. The number of nitrogens with one attached hydrogen (secondary N) is 2. The van der Waals surface area contributed by atoms with Gasteiger partial charge in [0, 0.05) is 5.69 Å². The molecule has 0 radical (unpaired) electrons. The van der Waals surface area contributed by atoms with Crippen molar-refractivity contribution in [1.29, 1.82) is 0 Å². The van der Waals surface area contributed by atoms with Crippen LogP contribution in [0, 0.1) is 6.92 Å². The van der Waals surface area contributed by atoms with Gasteiger partial charge in [-0.1, -0.05) is 29.8 Å². The van der Waals surface area contributed by atoms with Gasteiger partial charge in [-0.15, -0.1) is 0 Å². The Bertz CT molecular complexity index is 703. The number of carbonyl (C=O) groups is 2. The first-order chi connectivity index (χ1) is 10.5. The van der Waals surface area contributed by atoms with E-state index < -0.39 is 11.9 Å². The number of aryl methyl sites for hydroxylation is 1. The molecule has 6 heteroatoms. The van der Waals surface area contributed by atoms with Crippen LogP contribution < -0.4 is 10.6 Å². The number of aromatic nitrogens is 1. The molecule has 0 bridgehead atoms. The van der Waals surface area contributed by atoms with Gasteiger partial charge >= 0.3 is 0 Å². The fraction of sp³-hybridized carbons (Fsp3) is 0.188. The molecule has 1 aromatic carbocycles. The van der Waals surface area contributed by atoms with Crippen LogP contribution in [0.3, 0.4) is 0 Å². The second-order valence-electron chi connectivity index (χ2n) is 4.83. The van der Waals surface area contributed by atoms with Gasteiger partial charge in [0.1, 0.15) is 11.9 Å². The molecule has 2 amide bonds. The summed E-state index contributed by atoms with van der Waals surface area (Å²) in [5.74, 6) is -0.298. The summed E-state index contributed by atoms with van der Waals surface area (Å²) in [4.78, 5) is 28.4. The third-order valence-corrected chi connectivity index (χ3v) is 3.33. The van der Waals surface area contributed by atoms with Crippen molar-refractivity contribution in [2.24, 2.45) is 0 Å². The van der Waals surface area contributed by atoms with E-state index >= 15 is 0 Å². The number of amides is 2. The average molecular weight is 318 g/mol. The first-order valence-corrected chi connectivity index (χ1v) is 7.15. The van der Waals surface area contributed by atoms with Crippen LogP contribution in [0.4, 0.5) is 5.82 Å². The maximum atomic E-state index is 12.1. The van der Waals surface area contributed by atoms with Crippen molar-refractivity contribution in [2.75, 3.05) is 5.32 Å². The second kappa shape index (κ2) is 7.04. The zero-order valence-electron chi connectivity index (χ0n) is 12.3. The lowest BCUT2D eigenvalue weighted by atomic mass is 10.2. The van der Waals surface area contributed by atoms with E-state index in [1.165, 1.54) is 0 Å². The lowest BCUT2D eigenvalue weighted by molar-refractivity contribution is -0.117. The zero-order valence-corrected chi connectivity index (χ0v) is 13.0. The minimum absolute atomic E-state index is 0.331. The van der Waals surface area contributed by atoms with E-state index in [1.807, 2.05) is 13.0 Å². The summed E-state index contributed by atoms with van der Waals surface area (Å²) in [5, 5.41) is 5.61. The lowest BCUT2D eigenvalue weighted by Gasteiger charge is -2.14. The van der Waals surface area contributed by atoms with Crippen LogP contribution in [-0.2, 0) is 4.79 Å². The molecule has 0 spiro atoms. The number of nitrogens with zero attached hydrogens (tertiary/aromatic N) is 1. The number of pyridine rings is 1. The number of hydrogen-bond acceptors (Lipinski definition) is 3. The molecule has 2 N–H and O–H groups in total. The largest absolute Gasteiger partial charge is 0.340 e. The topological polar surface area (TPSA) is 71.1 Å². The standard InChI is InChI=1S/C16H16ClN3O2/c1-10-6-5-9-14(18-10)20-15(21)11(2)19-16(22)12-7-3-4-8-13(12)17/h3-9,11H,1-2H3,(H,19,22)(H,18,20,21)/t11-/m1/s1. The second-order valence-corrected chi connectivity index (χ2v) is 5.24. The number of benzene rings is 1. The molecular weight excluding hydrogens is 302 g/mol. The van der Waals surface area contributed by atoms with Gasteiger partial charge < -0.3 is 10.6 Å². The first-order valence-electron chi connectivity index (χ1n) is 6.77. The average Bonchev–Trinajstić information content (AvgIpc) is 2.47. The fourth-order valence-corrected chi connectivity index (χ4v) is 2.05. The monoisotopic (exact) mass is 317 g/mol. The normalized spacial score (nSPS) is 11.6. The molecule has 0 aliphatic carbocycles. The summed E-state index contributed by atoms with van der Waals surface area (Å²) in [6, 6.07) is 11.3. The van der Waals surface area contributed by atoms with Gasteiger partial charge in [-0.25, -0.2) is 4.98 Å². The summed E-state index contributed by atoms with van der Waals surface area (Å²) in [6.07, 6.45) is 0. The molecule has 0 fully saturated rings. The Morgan fingerprint density at radius 1 is 1.14 bits per heavy atom. The molecule has 5 nitrogen and oxygen atoms in total. The lowest BCUT2D eigenvalue weighted by Crippen LogP contribution is -2.41. The van der Waals surface area contributed by atoms with Crippen molar-refractivity contribution < 1.29 is 9.59 Å². The van der Waals surface area contributed by atoms with Crippen molar-refractivity contribution in [3.63, 3.8) is 0 Å². The van der Waals surface area contributed by atoms with Crippen LogP contribution in [-0.4, -0.2) is 22.8 Å². The molecule has 0 aliphatic heterocycles. The van der Waals surface area contributed by atoms with Gasteiger partial charge in [0.25, 0.3) is 5.91 Å². The first kappa shape index (κ1) is 16.0. The van der Waals surface area contributed by atoms with Crippen LogP contribution in [0.15, 0.2) is 42.5 Å². The van der Waals surface area contributed by atoms with Crippen LogP contribution in [0.25, 0.3) is 0 Å². The zero-order chi connectivity index (χ0) is 16.1. The number of anilines is 1. The van der Waals surface area contributed by atoms with Gasteiger partial charge in [0.2, 0.25) is 5.91 Å². The smallest absolute Gasteiger partial charge is 0.253 e. The summed E-state index contributed by atoms with van der Waals surface area (Å²) in [5.41, 5.74) is 1.13. The molecule has 2 aromatic rings. The summed E-state index contributed by atoms with van der Waals surface area (Å²) < 4.78 is 0. The SMILES string of the molecule is Cc1cccc(NC(=O)[C@@H](C)NC(=O)c2ccccc2Cl)n1. The molecule has 0 aliphatic rings. The van der Waals surface area contributed by atoms with E-state index in [1.54, 1.807) is 43.3 Å². The van der Waals surface area contributed by atoms with Gasteiger partial charge in [-0.05, 0) is 38.1 Å². The van der Waals surface area contributed by atoms with E-state index in [9.17, 15) is 9.59 Å². The van der Waals surface area contributed by atoms with E-state index in [0.717, 1.165) is 5.69 Å². The van der Waals surface area contributed by atoms with Crippen molar-refractivity contribution >= 4 is 29.2 Å². The Balaban J connectivity index is 1.99. The van der Waals surface area contributed by atoms with Crippen LogP contribution in [0.5, 0.6) is 0 Å². The highest BCUT2D eigenvalue weighted by Crippen LogP contribution is 2.14. The predicted molar refractivity (Wildman–Crippen MR) is 86.0 cm³/mol. The molecule has 0 unspecified atom stereocenters. The number of halogens is 1. The maximum Gasteiger partial charge on any atom is 0.253 e. The van der Waals surface area contributed by atoms with Gasteiger partial charge in [-0.3, -0.25) is 9.59 Å². The molecular formula is C16H16ClN3O2. The Morgan fingerprint density at radius 3 is 2.55 bits per heavy atom.